The molecule has 0 saturated carbocycles. The maximum Gasteiger partial charge on any atom is 0.236 e. The van der Waals surface area contributed by atoms with Crippen molar-refractivity contribution in [2.75, 3.05) is 25.1 Å². The molecule has 3 aromatic rings. The first-order valence-electron chi connectivity index (χ1n) is 10.00. The summed E-state index contributed by atoms with van der Waals surface area (Å²) in [5.41, 5.74) is 6.06. The Labute approximate surface area is 194 Å². The third kappa shape index (κ3) is 4.37. The predicted octanol–water partition coefficient (Wildman–Crippen LogP) is 3.65. The van der Waals surface area contributed by atoms with Crippen molar-refractivity contribution in [3.63, 3.8) is 0 Å². The van der Waals surface area contributed by atoms with Crippen molar-refractivity contribution in [2.45, 2.75) is 22.8 Å². The second-order valence-corrected chi connectivity index (χ2v) is 10.3. The van der Waals surface area contributed by atoms with Gasteiger partial charge in [0.2, 0.25) is 32.5 Å². The molecule has 0 unspecified atom stereocenters. The Morgan fingerprint density at radius 3 is 2.31 bits per heavy atom. The lowest BCUT2D eigenvalue weighted by Crippen LogP contribution is -2.38. The number of carbonyl (C=O) groups excluding carboxylic acids is 1. The van der Waals surface area contributed by atoms with Crippen LogP contribution in [0.5, 0.6) is 5.75 Å². The smallest absolute Gasteiger partial charge is 0.236 e. The number of piperidine rings is 1. The van der Waals surface area contributed by atoms with E-state index in [1.807, 2.05) is 4.90 Å². The average Bonchev–Trinajstić information content (AvgIpc) is 3.26. The molecule has 10 heteroatoms. The van der Waals surface area contributed by atoms with Crippen LogP contribution in [0.1, 0.15) is 12.8 Å². The van der Waals surface area contributed by atoms with Crippen LogP contribution in [-0.2, 0) is 14.6 Å². The number of rotatable bonds is 6. The lowest BCUT2D eigenvalue weighted by molar-refractivity contribution is -0.122. The Morgan fingerprint density at radius 1 is 1.12 bits per heavy atom. The van der Waals surface area contributed by atoms with Gasteiger partial charge in [-0.3, -0.25) is 4.79 Å². The van der Waals surface area contributed by atoms with Gasteiger partial charge in [-0.1, -0.05) is 15.9 Å². The van der Waals surface area contributed by atoms with Gasteiger partial charge in [0.15, 0.2) is 0 Å². The van der Waals surface area contributed by atoms with Gasteiger partial charge in [0.05, 0.1) is 12.0 Å². The van der Waals surface area contributed by atoms with Crippen molar-refractivity contribution in [1.29, 1.82) is 0 Å². The minimum absolute atomic E-state index is 0.114. The third-order valence-electron chi connectivity index (χ3n) is 5.48. The first-order valence-corrected chi connectivity index (χ1v) is 12.3. The number of ether oxygens (including phenoxy) is 1. The van der Waals surface area contributed by atoms with E-state index in [2.05, 4.69) is 20.9 Å². The predicted molar refractivity (Wildman–Crippen MR) is 122 cm³/mol. The van der Waals surface area contributed by atoms with E-state index in [1.54, 1.807) is 43.5 Å². The van der Waals surface area contributed by atoms with Crippen LogP contribution in [0.3, 0.4) is 0 Å². The molecule has 168 valence electrons. The molecule has 32 heavy (non-hydrogen) atoms. The molecule has 1 aliphatic heterocycles. The number of carbonyl (C=O) groups is 1. The minimum Gasteiger partial charge on any atom is -0.497 e. The maximum atomic E-state index is 13.5. The van der Waals surface area contributed by atoms with Crippen molar-refractivity contribution >= 4 is 37.6 Å². The summed E-state index contributed by atoms with van der Waals surface area (Å²) in [7, 11) is -2.38. The van der Waals surface area contributed by atoms with Gasteiger partial charge in [0, 0.05) is 29.0 Å². The number of amides is 1. The van der Waals surface area contributed by atoms with Crippen LogP contribution in [-0.4, -0.2) is 39.5 Å². The van der Waals surface area contributed by atoms with E-state index in [0.717, 1.165) is 4.47 Å². The van der Waals surface area contributed by atoms with Gasteiger partial charge in [0.25, 0.3) is 0 Å². The first-order chi connectivity index (χ1) is 15.3. The van der Waals surface area contributed by atoms with Crippen LogP contribution in [0.25, 0.3) is 11.5 Å². The molecular formula is C22H22BrN3O5S. The standard InChI is InChI=1S/C22H22BrN3O5S/c1-30-17-6-2-15(3-7-17)20-25-21(32(28,29)18-8-4-16(23)5-9-18)22(31-20)26-12-10-14(11-13-26)19(24)27/h2-9,14H,10-13H2,1H3,(H2,24,27). The van der Waals surface area contributed by atoms with Gasteiger partial charge < -0.3 is 19.8 Å². The number of anilines is 1. The molecule has 2 heterocycles. The summed E-state index contributed by atoms with van der Waals surface area (Å²) in [5.74, 6) is 0.444. The summed E-state index contributed by atoms with van der Waals surface area (Å²) < 4.78 is 38.9. The summed E-state index contributed by atoms with van der Waals surface area (Å²) in [5, 5.41) is -0.150. The van der Waals surface area contributed by atoms with Crippen molar-refractivity contribution in [1.82, 2.24) is 4.98 Å². The molecule has 1 aromatic heterocycles. The van der Waals surface area contributed by atoms with Gasteiger partial charge in [-0.25, -0.2) is 8.42 Å². The molecular weight excluding hydrogens is 498 g/mol. The summed E-state index contributed by atoms with van der Waals surface area (Å²) >= 11 is 3.32. The molecule has 1 amide bonds. The SMILES string of the molecule is COc1ccc(-c2nc(S(=O)(=O)c3ccc(Br)cc3)c(N3CCC(C(N)=O)CC3)o2)cc1. The van der Waals surface area contributed by atoms with Crippen LogP contribution in [0, 0.1) is 5.92 Å². The fourth-order valence-corrected chi connectivity index (χ4v) is 5.21. The van der Waals surface area contributed by atoms with Gasteiger partial charge in [0.1, 0.15) is 5.75 Å². The summed E-state index contributed by atoms with van der Waals surface area (Å²) in [4.78, 5) is 17.9. The van der Waals surface area contributed by atoms with Crippen LogP contribution in [0.2, 0.25) is 0 Å². The number of oxazole rings is 1. The zero-order valence-electron chi connectivity index (χ0n) is 17.3. The Bertz CT molecular complexity index is 1220. The number of benzene rings is 2. The summed E-state index contributed by atoms with van der Waals surface area (Å²) in [6, 6.07) is 13.4. The molecule has 0 aliphatic carbocycles. The highest BCUT2D eigenvalue weighted by Crippen LogP contribution is 2.37. The molecule has 1 fully saturated rings. The van der Waals surface area contributed by atoms with Gasteiger partial charge in [-0.05, 0) is 61.4 Å². The molecule has 0 spiro atoms. The van der Waals surface area contributed by atoms with Crippen LogP contribution in [0.15, 0.2) is 67.3 Å². The largest absolute Gasteiger partial charge is 0.497 e. The van der Waals surface area contributed by atoms with Crippen LogP contribution < -0.4 is 15.4 Å². The highest BCUT2D eigenvalue weighted by molar-refractivity contribution is 9.10. The second kappa shape index (κ2) is 8.95. The van der Waals surface area contributed by atoms with E-state index in [9.17, 15) is 13.2 Å². The van der Waals surface area contributed by atoms with Crippen LogP contribution >= 0.6 is 15.9 Å². The molecule has 2 aromatic carbocycles. The molecule has 1 saturated heterocycles. The summed E-state index contributed by atoms with van der Waals surface area (Å²) in [6.45, 7) is 0.876. The molecule has 2 N–H and O–H groups in total. The van der Waals surface area contributed by atoms with Crippen LogP contribution in [0.4, 0.5) is 5.88 Å². The molecule has 0 radical (unpaired) electrons. The van der Waals surface area contributed by atoms with Gasteiger partial charge >= 0.3 is 0 Å². The quantitative estimate of drug-likeness (QED) is 0.528. The van der Waals surface area contributed by atoms with Crippen molar-refractivity contribution < 1.29 is 22.4 Å². The Morgan fingerprint density at radius 2 is 1.75 bits per heavy atom. The number of halogens is 1. The van der Waals surface area contributed by atoms with E-state index < -0.39 is 9.84 Å². The fraction of sp³-hybridized carbons (Fsp3) is 0.273. The van der Waals surface area contributed by atoms with E-state index in [-0.39, 0.29) is 33.5 Å². The second-order valence-electron chi connectivity index (χ2n) is 7.48. The molecule has 0 atom stereocenters. The van der Waals surface area contributed by atoms with Gasteiger partial charge in [-0.2, -0.15) is 4.98 Å². The monoisotopic (exact) mass is 519 g/mol. The average molecular weight is 520 g/mol. The van der Waals surface area contributed by atoms with E-state index in [0.29, 0.717) is 37.2 Å². The number of hydrogen-bond acceptors (Lipinski definition) is 7. The number of nitrogens with two attached hydrogens (primary N) is 1. The van der Waals surface area contributed by atoms with E-state index >= 15 is 0 Å². The number of aromatic nitrogens is 1. The van der Waals surface area contributed by atoms with Crippen molar-refractivity contribution in [3.8, 4) is 17.2 Å². The topological polar surface area (TPSA) is 116 Å². The zero-order valence-corrected chi connectivity index (χ0v) is 19.7. The first kappa shape index (κ1) is 22.3. The lowest BCUT2D eigenvalue weighted by Gasteiger charge is -2.30. The molecule has 1 aliphatic rings. The number of methoxy groups -OCH3 is 1. The number of sulfone groups is 1. The number of hydrogen-bond donors (Lipinski definition) is 1. The molecule has 4 rings (SSSR count). The minimum atomic E-state index is -3.95. The Kier molecular flexibility index (Phi) is 6.25. The maximum absolute atomic E-state index is 13.5. The molecule has 0 bridgehead atoms. The number of primary amides is 1. The highest BCUT2D eigenvalue weighted by Gasteiger charge is 2.34. The van der Waals surface area contributed by atoms with Crippen molar-refractivity contribution in [3.05, 3.63) is 53.0 Å². The Balaban J connectivity index is 1.77. The number of nitrogens with zero attached hydrogens (tertiary/aromatic N) is 2. The fourth-order valence-electron chi connectivity index (χ4n) is 3.62. The normalized spacial score (nSPS) is 15.0. The highest BCUT2D eigenvalue weighted by atomic mass is 79.9. The zero-order chi connectivity index (χ0) is 22.9. The van der Waals surface area contributed by atoms with E-state index in [4.69, 9.17) is 14.9 Å². The molecule has 8 nitrogen and oxygen atoms in total. The Hall–Kier alpha value is -2.85. The van der Waals surface area contributed by atoms with Gasteiger partial charge in [-0.15, -0.1) is 0 Å². The lowest BCUT2D eigenvalue weighted by atomic mass is 9.96. The third-order valence-corrected chi connectivity index (χ3v) is 7.68. The van der Waals surface area contributed by atoms with Crippen molar-refractivity contribution in [2.24, 2.45) is 11.7 Å². The summed E-state index contributed by atoms with van der Waals surface area (Å²) in [6.07, 6.45) is 1.04. The van der Waals surface area contributed by atoms with E-state index in [1.165, 1.54) is 12.1 Å².